The van der Waals surface area contributed by atoms with Crippen LogP contribution in [0.1, 0.15) is 40.0 Å². The molecule has 1 amide bonds. The van der Waals surface area contributed by atoms with E-state index >= 15 is 0 Å². The summed E-state index contributed by atoms with van der Waals surface area (Å²) in [6, 6.07) is 0. The molecule has 110 valence electrons. The standard InChI is InChI=1S/C15H28N2O2/c1-12-8-13(2)10-17(9-12)14(18)11-16-6-4-15(3,19)5-7-16/h12-13,19H,4-11H2,1-3H3. The summed E-state index contributed by atoms with van der Waals surface area (Å²) in [5, 5.41) is 9.92. The van der Waals surface area contributed by atoms with Crippen molar-refractivity contribution in [2.24, 2.45) is 11.8 Å². The van der Waals surface area contributed by atoms with Crippen molar-refractivity contribution in [2.75, 3.05) is 32.7 Å². The number of amides is 1. The van der Waals surface area contributed by atoms with Crippen LogP contribution in [0.2, 0.25) is 0 Å². The maximum atomic E-state index is 12.3. The first-order valence-electron chi connectivity index (χ1n) is 7.58. The Bertz CT molecular complexity index is 310. The molecule has 4 heteroatoms. The molecule has 4 nitrogen and oxygen atoms in total. The van der Waals surface area contributed by atoms with Crippen LogP contribution >= 0.6 is 0 Å². The van der Waals surface area contributed by atoms with Crippen LogP contribution in [0.15, 0.2) is 0 Å². The van der Waals surface area contributed by atoms with E-state index in [0.717, 1.165) is 39.0 Å². The molecule has 2 fully saturated rings. The van der Waals surface area contributed by atoms with E-state index in [4.69, 9.17) is 0 Å². The van der Waals surface area contributed by atoms with Gasteiger partial charge in [0, 0.05) is 26.2 Å². The maximum Gasteiger partial charge on any atom is 0.236 e. The predicted molar refractivity (Wildman–Crippen MR) is 75.8 cm³/mol. The highest BCUT2D eigenvalue weighted by Gasteiger charge is 2.30. The third kappa shape index (κ3) is 4.18. The molecule has 19 heavy (non-hydrogen) atoms. The van der Waals surface area contributed by atoms with Gasteiger partial charge in [0.15, 0.2) is 0 Å². The van der Waals surface area contributed by atoms with Gasteiger partial charge in [-0.25, -0.2) is 0 Å². The zero-order valence-corrected chi connectivity index (χ0v) is 12.6. The molecular weight excluding hydrogens is 240 g/mol. The van der Waals surface area contributed by atoms with Crippen LogP contribution < -0.4 is 0 Å². The maximum absolute atomic E-state index is 12.3. The van der Waals surface area contributed by atoms with Gasteiger partial charge in [0.2, 0.25) is 5.91 Å². The molecule has 2 heterocycles. The molecule has 0 spiro atoms. The molecule has 2 aliphatic rings. The van der Waals surface area contributed by atoms with E-state index in [2.05, 4.69) is 18.7 Å². The van der Waals surface area contributed by atoms with E-state index in [0.29, 0.717) is 18.4 Å². The van der Waals surface area contributed by atoms with Gasteiger partial charge in [-0.15, -0.1) is 0 Å². The van der Waals surface area contributed by atoms with Crippen molar-refractivity contribution in [1.29, 1.82) is 0 Å². The molecular formula is C15H28N2O2. The van der Waals surface area contributed by atoms with Gasteiger partial charge in [0.25, 0.3) is 0 Å². The molecule has 2 atom stereocenters. The Labute approximate surface area is 116 Å². The van der Waals surface area contributed by atoms with E-state index in [1.807, 2.05) is 11.8 Å². The van der Waals surface area contributed by atoms with Crippen LogP contribution in [-0.2, 0) is 4.79 Å². The Morgan fingerprint density at radius 3 is 2.26 bits per heavy atom. The molecule has 0 saturated carbocycles. The Morgan fingerprint density at radius 1 is 1.21 bits per heavy atom. The third-order valence-corrected chi connectivity index (χ3v) is 4.51. The number of piperidine rings is 2. The molecule has 1 N–H and O–H groups in total. The molecule has 0 aromatic rings. The SMILES string of the molecule is CC1CC(C)CN(C(=O)CN2CCC(C)(O)CC2)C1. The normalized spacial score (nSPS) is 32.3. The van der Waals surface area contributed by atoms with Crippen molar-refractivity contribution < 1.29 is 9.90 Å². The van der Waals surface area contributed by atoms with Gasteiger partial charge in [-0.1, -0.05) is 13.8 Å². The number of hydrogen-bond acceptors (Lipinski definition) is 3. The number of carbonyl (C=O) groups is 1. The van der Waals surface area contributed by atoms with Crippen LogP contribution in [0.5, 0.6) is 0 Å². The number of hydrogen-bond donors (Lipinski definition) is 1. The minimum Gasteiger partial charge on any atom is -0.390 e. The average molecular weight is 268 g/mol. The summed E-state index contributed by atoms with van der Waals surface area (Å²) >= 11 is 0. The fraction of sp³-hybridized carbons (Fsp3) is 0.933. The number of carbonyl (C=O) groups excluding carboxylic acids is 1. The van der Waals surface area contributed by atoms with Crippen molar-refractivity contribution in [3.8, 4) is 0 Å². The Morgan fingerprint density at radius 2 is 1.74 bits per heavy atom. The second-order valence-electron chi connectivity index (χ2n) is 7.02. The lowest BCUT2D eigenvalue weighted by molar-refractivity contribution is -0.136. The summed E-state index contributed by atoms with van der Waals surface area (Å²) in [4.78, 5) is 16.6. The fourth-order valence-electron chi connectivity index (χ4n) is 3.35. The summed E-state index contributed by atoms with van der Waals surface area (Å²) in [5.41, 5.74) is -0.534. The van der Waals surface area contributed by atoms with E-state index in [9.17, 15) is 9.90 Å². The summed E-state index contributed by atoms with van der Waals surface area (Å²) in [6.45, 7) is 10.4. The Balaban J connectivity index is 1.81. The third-order valence-electron chi connectivity index (χ3n) is 4.51. The minimum absolute atomic E-state index is 0.264. The number of nitrogens with zero attached hydrogens (tertiary/aromatic N) is 2. The van der Waals surface area contributed by atoms with Gasteiger partial charge in [-0.05, 0) is 38.0 Å². The van der Waals surface area contributed by atoms with Crippen molar-refractivity contribution in [2.45, 2.75) is 45.6 Å². The van der Waals surface area contributed by atoms with E-state index in [-0.39, 0.29) is 5.91 Å². The second-order valence-corrected chi connectivity index (χ2v) is 7.02. The summed E-state index contributed by atoms with van der Waals surface area (Å²) < 4.78 is 0. The molecule has 0 bridgehead atoms. The van der Waals surface area contributed by atoms with Crippen molar-refractivity contribution in [1.82, 2.24) is 9.80 Å². The largest absolute Gasteiger partial charge is 0.390 e. The van der Waals surface area contributed by atoms with Crippen molar-refractivity contribution >= 4 is 5.91 Å². The van der Waals surface area contributed by atoms with E-state index in [1.54, 1.807) is 0 Å². The molecule has 2 aliphatic heterocycles. The number of likely N-dealkylation sites (tertiary alicyclic amines) is 2. The Hall–Kier alpha value is -0.610. The van der Waals surface area contributed by atoms with Gasteiger partial charge in [-0.2, -0.15) is 0 Å². The molecule has 2 unspecified atom stereocenters. The van der Waals surface area contributed by atoms with Gasteiger partial charge in [0.05, 0.1) is 12.1 Å². The van der Waals surface area contributed by atoms with E-state index < -0.39 is 5.60 Å². The molecule has 0 radical (unpaired) electrons. The highest BCUT2D eigenvalue weighted by Crippen LogP contribution is 2.23. The monoisotopic (exact) mass is 268 g/mol. The van der Waals surface area contributed by atoms with Crippen molar-refractivity contribution in [3.63, 3.8) is 0 Å². The lowest BCUT2D eigenvalue weighted by atomic mass is 9.91. The lowest BCUT2D eigenvalue weighted by Crippen LogP contribution is -2.50. The highest BCUT2D eigenvalue weighted by atomic mass is 16.3. The topological polar surface area (TPSA) is 43.8 Å². The highest BCUT2D eigenvalue weighted by molar-refractivity contribution is 5.78. The zero-order valence-electron chi connectivity index (χ0n) is 12.6. The van der Waals surface area contributed by atoms with Crippen LogP contribution in [0, 0.1) is 11.8 Å². The Kier molecular flexibility index (Phi) is 4.51. The van der Waals surface area contributed by atoms with Gasteiger partial charge < -0.3 is 10.0 Å². The van der Waals surface area contributed by atoms with Gasteiger partial charge in [0.1, 0.15) is 0 Å². The molecule has 0 aromatic carbocycles. The van der Waals surface area contributed by atoms with Crippen LogP contribution in [0.4, 0.5) is 0 Å². The summed E-state index contributed by atoms with van der Waals surface area (Å²) in [6.07, 6.45) is 2.77. The van der Waals surface area contributed by atoms with Gasteiger partial charge >= 0.3 is 0 Å². The lowest BCUT2D eigenvalue weighted by Gasteiger charge is -2.39. The predicted octanol–water partition coefficient (Wildman–Crippen LogP) is 1.34. The summed E-state index contributed by atoms with van der Waals surface area (Å²) in [5.74, 6) is 1.50. The van der Waals surface area contributed by atoms with Crippen molar-refractivity contribution in [3.05, 3.63) is 0 Å². The molecule has 0 aromatic heterocycles. The van der Waals surface area contributed by atoms with E-state index in [1.165, 1.54) is 6.42 Å². The molecule has 2 saturated heterocycles. The first kappa shape index (κ1) is 14.8. The second kappa shape index (κ2) is 5.80. The first-order valence-corrected chi connectivity index (χ1v) is 7.58. The van der Waals surface area contributed by atoms with Crippen LogP contribution in [0.25, 0.3) is 0 Å². The molecule has 0 aliphatic carbocycles. The number of rotatable bonds is 2. The summed E-state index contributed by atoms with van der Waals surface area (Å²) in [7, 11) is 0. The minimum atomic E-state index is -0.534. The molecule has 2 rings (SSSR count). The number of aliphatic hydroxyl groups is 1. The smallest absolute Gasteiger partial charge is 0.236 e. The van der Waals surface area contributed by atoms with Gasteiger partial charge in [-0.3, -0.25) is 9.69 Å². The first-order chi connectivity index (χ1) is 8.85. The zero-order chi connectivity index (χ0) is 14.0. The van der Waals surface area contributed by atoms with Crippen LogP contribution in [0.3, 0.4) is 0 Å². The quantitative estimate of drug-likeness (QED) is 0.822. The van der Waals surface area contributed by atoms with Crippen LogP contribution in [-0.4, -0.2) is 59.1 Å². The fourth-order valence-corrected chi connectivity index (χ4v) is 3.35. The average Bonchev–Trinajstić information content (AvgIpc) is 2.30.